The van der Waals surface area contributed by atoms with Crippen molar-refractivity contribution in [2.75, 3.05) is 13.2 Å². The summed E-state index contributed by atoms with van der Waals surface area (Å²) in [6, 6.07) is 0.118. The molecule has 1 fully saturated rings. The van der Waals surface area contributed by atoms with Crippen LogP contribution in [0.1, 0.15) is 52.4 Å². The lowest BCUT2D eigenvalue weighted by Crippen LogP contribution is -2.50. The van der Waals surface area contributed by atoms with Gasteiger partial charge >= 0.3 is 0 Å². The molecule has 1 saturated carbocycles. The Kier molecular flexibility index (Phi) is 6.09. The van der Waals surface area contributed by atoms with Crippen LogP contribution in [0.25, 0.3) is 0 Å². The van der Waals surface area contributed by atoms with E-state index in [0.717, 1.165) is 38.5 Å². The van der Waals surface area contributed by atoms with Crippen LogP contribution in [0.4, 0.5) is 0 Å². The predicted molar refractivity (Wildman–Crippen MR) is 73.0 cm³/mol. The van der Waals surface area contributed by atoms with Gasteiger partial charge < -0.3 is 16.2 Å². The molecule has 4 nitrogen and oxygen atoms in total. The normalized spacial score (nSPS) is 29.9. The van der Waals surface area contributed by atoms with Crippen molar-refractivity contribution in [3.8, 4) is 0 Å². The lowest BCUT2D eigenvalue weighted by Gasteiger charge is -2.37. The van der Waals surface area contributed by atoms with E-state index in [1.54, 1.807) is 0 Å². The Morgan fingerprint density at radius 3 is 2.61 bits per heavy atom. The lowest BCUT2D eigenvalue weighted by molar-refractivity contribution is -0.133. The van der Waals surface area contributed by atoms with Crippen molar-refractivity contribution in [3.63, 3.8) is 0 Å². The third-order valence-electron chi connectivity index (χ3n) is 4.28. The number of aliphatic hydroxyl groups excluding tert-OH is 1. The highest BCUT2D eigenvalue weighted by molar-refractivity contribution is 5.83. The zero-order valence-electron chi connectivity index (χ0n) is 11.7. The highest BCUT2D eigenvalue weighted by Gasteiger charge is 2.40. The number of nitrogens with one attached hydrogen (secondary N) is 1. The summed E-state index contributed by atoms with van der Waals surface area (Å²) in [6.07, 6.45) is 5.55. The van der Waals surface area contributed by atoms with Gasteiger partial charge in [0.25, 0.3) is 0 Å². The number of aliphatic hydroxyl groups is 1. The van der Waals surface area contributed by atoms with Gasteiger partial charge in [-0.05, 0) is 51.4 Å². The Morgan fingerprint density at radius 1 is 1.50 bits per heavy atom. The van der Waals surface area contributed by atoms with Gasteiger partial charge in [0.2, 0.25) is 5.91 Å². The molecular weight excluding hydrogens is 228 g/mol. The van der Waals surface area contributed by atoms with Crippen molar-refractivity contribution in [1.82, 2.24) is 5.32 Å². The fourth-order valence-electron chi connectivity index (χ4n) is 2.69. The summed E-state index contributed by atoms with van der Waals surface area (Å²) in [5.41, 5.74) is 5.51. The second-order valence-electron chi connectivity index (χ2n) is 5.91. The molecule has 0 aromatic heterocycles. The number of rotatable bonds is 6. The smallest absolute Gasteiger partial charge is 0.227 e. The van der Waals surface area contributed by atoms with Gasteiger partial charge in [0.05, 0.1) is 5.41 Å². The Labute approximate surface area is 110 Å². The maximum Gasteiger partial charge on any atom is 0.227 e. The van der Waals surface area contributed by atoms with Crippen molar-refractivity contribution in [2.24, 2.45) is 17.1 Å². The first kappa shape index (κ1) is 15.4. The Hall–Kier alpha value is -0.610. The quantitative estimate of drug-likeness (QED) is 0.673. The van der Waals surface area contributed by atoms with E-state index < -0.39 is 0 Å². The summed E-state index contributed by atoms with van der Waals surface area (Å²) in [7, 11) is 0. The number of hydrogen-bond acceptors (Lipinski definition) is 3. The molecule has 106 valence electrons. The number of carbonyl (C=O) groups excluding carboxylic acids is 1. The van der Waals surface area contributed by atoms with Gasteiger partial charge in [-0.2, -0.15) is 0 Å². The summed E-state index contributed by atoms with van der Waals surface area (Å²) < 4.78 is 0. The summed E-state index contributed by atoms with van der Waals surface area (Å²) in [5, 5.41) is 11.9. The Morgan fingerprint density at radius 2 is 2.11 bits per heavy atom. The molecule has 1 amide bonds. The van der Waals surface area contributed by atoms with Gasteiger partial charge in [0, 0.05) is 19.2 Å². The molecule has 18 heavy (non-hydrogen) atoms. The average molecular weight is 256 g/mol. The van der Waals surface area contributed by atoms with E-state index in [2.05, 4.69) is 12.2 Å². The SMILES string of the molecule is CC1CCC(CN)(C(=O)NC(C)CCCO)CC1. The molecule has 0 heterocycles. The van der Waals surface area contributed by atoms with Crippen LogP contribution in [0.5, 0.6) is 0 Å². The second kappa shape index (κ2) is 7.10. The summed E-state index contributed by atoms with van der Waals surface area (Å²) in [6.45, 7) is 4.85. The van der Waals surface area contributed by atoms with E-state index in [0.29, 0.717) is 12.5 Å². The summed E-state index contributed by atoms with van der Waals surface area (Å²) in [4.78, 5) is 12.4. The second-order valence-corrected chi connectivity index (χ2v) is 5.91. The molecule has 1 unspecified atom stereocenters. The van der Waals surface area contributed by atoms with E-state index in [9.17, 15) is 4.79 Å². The molecule has 0 spiro atoms. The van der Waals surface area contributed by atoms with Gasteiger partial charge in [-0.15, -0.1) is 0 Å². The maximum atomic E-state index is 12.4. The van der Waals surface area contributed by atoms with Gasteiger partial charge in [-0.1, -0.05) is 6.92 Å². The monoisotopic (exact) mass is 256 g/mol. The number of nitrogens with two attached hydrogens (primary N) is 1. The van der Waals surface area contributed by atoms with Crippen LogP contribution in [-0.2, 0) is 4.79 Å². The lowest BCUT2D eigenvalue weighted by atomic mass is 9.70. The molecule has 0 bridgehead atoms. The minimum Gasteiger partial charge on any atom is -0.396 e. The van der Waals surface area contributed by atoms with Gasteiger partial charge in [0.1, 0.15) is 0 Å². The molecule has 4 heteroatoms. The molecule has 0 saturated heterocycles. The third kappa shape index (κ3) is 3.95. The molecule has 4 N–H and O–H groups in total. The van der Waals surface area contributed by atoms with E-state index in [1.807, 2.05) is 6.92 Å². The van der Waals surface area contributed by atoms with Crippen LogP contribution in [0.3, 0.4) is 0 Å². The van der Waals surface area contributed by atoms with Crippen LogP contribution in [0, 0.1) is 11.3 Å². The van der Waals surface area contributed by atoms with E-state index in [-0.39, 0.29) is 24.0 Å². The molecular formula is C14H28N2O2. The van der Waals surface area contributed by atoms with Gasteiger partial charge in [-0.3, -0.25) is 4.79 Å². The number of hydrogen-bond donors (Lipinski definition) is 3. The first-order valence-corrected chi connectivity index (χ1v) is 7.16. The fourth-order valence-corrected chi connectivity index (χ4v) is 2.69. The Bertz CT molecular complexity index is 261. The zero-order valence-corrected chi connectivity index (χ0v) is 11.7. The first-order valence-electron chi connectivity index (χ1n) is 7.16. The molecule has 1 aliphatic rings. The van der Waals surface area contributed by atoms with Crippen LogP contribution >= 0.6 is 0 Å². The summed E-state index contributed by atoms with van der Waals surface area (Å²) in [5.74, 6) is 0.826. The standard InChI is InChI=1S/C14H28N2O2/c1-11-5-7-14(10-15,8-6-11)13(18)16-12(2)4-3-9-17/h11-12,17H,3-10,15H2,1-2H3,(H,16,18). The van der Waals surface area contributed by atoms with E-state index >= 15 is 0 Å². The highest BCUT2D eigenvalue weighted by Crippen LogP contribution is 2.38. The average Bonchev–Trinajstić information content (AvgIpc) is 2.37. The first-order chi connectivity index (χ1) is 8.54. The largest absolute Gasteiger partial charge is 0.396 e. The number of carbonyl (C=O) groups is 1. The minimum atomic E-state index is -0.347. The van der Waals surface area contributed by atoms with E-state index in [4.69, 9.17) is 10.8 Å². The molecule has 0 aromatic carbocycles. The van der Waals surface area contributed by atoms with Crippen molar-refractivity contribution in [2.45, 2.75) is 58.4 Å². The number of amides is 1. The van der Waals surface area contributed by atoms with Gasteiger partial charge in [-0.25, -0.2) is 0 Å². The van der Waals surface area contributed by atoms with Crippen LogP contribution in [0.2, 0.25) is 0 Å². The molecule has 1 atom stereocenters. The van der Waals surface area contributed by atoms with Crippen molar-refractivity contribution < 1.29 is 9.90 Å². The van der Waals surface area contributed by atoms with E-state index in [1.165, 1.54) is 0 Å². The van der Waals surface area contributed by atoms with Crippen molar-refractivity contribution in [3.05, 3.63) is 0 Å². The summed E-state index contributed by atoms with van der Waals surface area (Å²) >= 11 is 0. The van der Waals surface area contributed by atoms with Crippen LogP contribution in [0.15, 0.2) is 0 Å². The van der Waals surface area contributed by atoms with Crippen LogP contribution in [-0.4, -0.2) is 30.2 Å². The van der Waals surface area contributed by atoms with Crippen LogP contribution < -0.4 is 11.1 Å². The van der Waals surface area contributed by atoms with Gasteiger partial charge in [0.15, 0.2) is 0 Å². The fraction of sp³-hybridized carbons (Fsp3) is 0.929. The molecule has 0 aliphatic heterocycles. The molecule has 1 rings (SSSR count). The predicted octanol–water partition coefficient (Wildman–Crippen LogP) is 1.42. The van der Waals surface area contributed by atoms with Crippen molar-refractivity contribution >= 4 is 5.91 Å². The maximum absolute atomic E-state index is 12.4. The topological polar surface area (TPSA) is 75.4 Å². The Balaban J connectivity index is 2.51. The highest BCUT2D eigenvalue weighted by atomic mass is 16.3. The van der Waals surface area contributed by atoms with Crippen molar-refractivity contribution in [1.29, 1.82) is 0 Å². The molecule has 1 aliphatic carbocycles. The molecule has 0 radical (unpaired) electrons. The third-order valence-corrected chi connectivity index (χ3v) is 4.28. The molecule has 0 aromatic rings. The minimum absolute atomic E-state index is 0.113. The zero-order chi connectivity index (χ0) is 13.6.